The van der Waals surface area contributed by atoms with Crippen LogP contribution in [0.25, 0.3) is 0 Å². The monoisotopic (exact) mass is 470 g/mol. The molecular formula is C22H20ClFN6O3. The van der Waals surface area contributed by atoms with E-state index in [1.54, 1.807) is 17.7 Å². The summed E-state index contributed by atoms with van der Waals surface area (Å²) in [5.74, 6) is -2.47. The molecule has 1 saturated carbocycles. The Morgan fingerprint density at radius 3 is 2.73 bits per heavy atom. The Balaban J connectivity index is 1.43. The van der Waals surface area contributed by atoms with Crippen molar-refractivity contribution < 1.29 is 18.8 Å². The van der Waals surface area contributed by atoms with Gasteiger partial charge >= 0.3 is 0 Å². The molecule has 33 heavy (non-hydrogen) atoms. The number of halogens is 2. The summed E-state index contributed by atoms with van der Waals surface area (Å²) in [6.07, 6.45) is 4.27. The van der Waals surface area contributed by atoms with Gasteiger partial charge in [0.15, 0.2) is 0 Å². The topological polar surface area (TPSA) is 122 Å². The van der Waals surface area contributed by atoms with Crippen LogP contribution >= 0.6 is 11.6 Å². The number of rotatable bonds is 6. The Kier molecular flexibility index (Phi) is 5.04. The molecular weight excluding hydrogens is 451 g/mol. The summed E-state index contributed by atoms with van der Waals surface area (Å²) < 4.78 is 15.2. The molecule has 9 nitrogen and oxygen atoms in total. The molecule has 3 aromatic rings. The van der Waals surface area contributed by atoms with Crippen LogP contribution in [0.2, 0.25) is 5.02 Å². The first-order valence-electron chi connectivity index (χ1n) is 10.5. The van der Waals surface area contributed by atoms with Gasteiger partial charge in [0.2, 0.25) is 0 Å². The van der Waals surface area contributed by atoms with E-state index in [-0.39, 0.29) is 10.6 Å². The molecule has 1 aliphatic heterocycles. The van der Waals surface area contributed by atoms with E-state index in [4.69, 9.17) is 11.6 Å². The summed E-state index contributed by atoms with van der Waals surface area (Å²) in [4.78, 5) is 39.2. The number of aromatic nitrogens is 4. The smallest absolute Gasteiger partial charge is 0.293 e. The Hall–Kier alpha value is -3.53. The van der Waals surface area contributed by atoms with Crippen molar-refractivity contribution in [3.05, 3.63) is 63.4 Å². The maximum absolute atomic E-state index is 13.4. The highest BCUT2D eigenvalue weighted by Crippen LogP contribution is 2.44. The van der Waals surface area contributed by atoms with Crippen LogP contribution in [0.15, 0.2) is 24.4 Å². The van der Waals surface area contributed by atoms with Crippen molar-refractivity contribution >= 4 is 34.9 Å². The van der Waals surface area contributed by atoms with Gasteiger partial charge in [0.1, 0.15) is 17.2 Å². The van der Waals surface area contributed by atoms with Crippen molar-refractivity contribution in [2.75, 3.05) is 5.32 Å². The number of anilines is 1. The van der Waals surface area contributed by atoms with Gasteiger partial charge in [0.25, 0.3) is 17.6 Å². The fourth-order valence-electron chi connectivity index (χ4n) is 4.47. The number of H-pyrrole nitrogens is 1. The number of nitrogens with zero attached hydrogens (tertiary/aromatic N) is 3. The molecule has 2 amide bonds. The van der Waals surface area contributed by atoms with Crippen LogP contribution in [0.1, 0.15) is 57.1 Å². The average molecular weight is 471 g/mol. The summed E-state index contributed by atoms with van der Waals surface area (Å²) in [7, 11) is 0. The first-order valence-corrected chi connectivity index (χ1v) is 10.9. The van der Waals surface area contributed by atoms with Crippen molar-refractivity contribution in [3.8, 4) is 0 Å². The van der Waals surface area contributed by atoms with Gasteiger partial charge in [-0.3, -0.25) is 19.5 Å². The van der Waals surface area contributed by atoms with Crippen LogP contribution in [0, 0.1) is 12.7 Å². The van der Waals surface area contributed by atoms with Gasteiger partial charge in [-0.15, -0.1) is 5.10 Å². The minimum absolute atomic E-state index is 0.112. The Morgan fingerprint density at radius 1 is 1.27 bits per heavy atom. The minimum Gasteiger partial charge on any atom is -0.340 e. The van der Waals surface area contributed by atoms with E-state index in [2.05, 4.69) is 26.0 Å². The third-order valence-corrected chi connectivity index (χ3v) is 6.54. The lowest BCUT2D eigenvalue weighted by Gasteiger charge is -2.14. The van der Waals surface area contributed by atoms with Crippen molar-refractivity contribution in [3.63, 3.8) is 0 Å². The molecule has 0 unspecified atom stereocenters. The van der Waals surface area contributed by atoms with E-state index in [1.165, 1.54) is 12.1 Å². The molecule has 1 aliphatic carbocycles. The van der Waals surface area contributed by atoms with Crippen LogP contribution < -0.4 is 10.6 Å². The van der Waals surface area contributed by atoms with Crippen LogP contribution in [0.5, 0.6) is 0 Å². The fourth-order valence-corrected chi connectivity index (χ4v) is 4.65. The van der Waals surface area contributed by atoms with Gasteiger partial charge in [-0.05, 0) is 56.4 Å². The van der Waals surface area contributed by atoms with Crippen LogP contribution in [0.3, 0.4) is 0 Å². The summed E-state index contributed by atoms with van der Waals surface area (Å²) in [5, 5.41) is 15.7. The van der Waals surface area contributed by atoms with Gasteiger partial charge in [0.05, 0.1) is 16.1 Å². The highest BCUT2D eigenvalue weighted by Gasteiger charge is 2.49. The number of carbonyl (C=O) groups is 3. The van der Waals surface area contributed by atoms with Gasteiger partial charge in [-0.1, -0.05) is 16.8 Å². The molecule has 0 atom stereocenters. The third-order valence-electron chi connectivity index (χ3n) is 6.25. The fraction of sp³-hybridized carbons (Fsp3) is 0.318. The molecule has 0 spiro atoms. The van der Waals surface area contributed by atoms with Crippen molar-refractivity contribution in [1.82, 2.24) is 25.3 Å². The van der Waals surface area contributed by atoms with E-state index in [0.717, 1.165) is 12.5 Å². The molecule has 1 fully saturated rings. The average Bonchev–Trinajstić information content (AvgIpc) is 3.14. The number of aromatic amines is 1. The second-order valence-electron chi connectivity index (χ2n) is 8.36. The molecule has 0 saturated heterocycles. The van der Waals surface area contributed by atoms with Crippen LogP contribution in [-0.2, 0) is 23.3 Å². The predicted molar refractivity (Wildman–Crippen MR) is 117 cm³/mol. The highest BCUT2D eigenvalue weighted by molar-refractivity contribution is 6.44. The van der Waals surface area contributed by atoms with Gasteiger partial charge in [-0.2, -0.15) is 0 Å². The lowest BCUT2D eigenvalue weighted by atomic mass is 10.0. The van der Waals surface area contributed by atoms with E-state index in [0.29, 0.717) is 54.1 Å². The first-order chi connectivity index (χ1) is 15.8. The molecule has 0 bridgehead atoms. The maximum Gasteiger partial charge on any atom is 0.293 e. The second kappa shape index (κ2) is 7.80. The summed E-state index contributed by atoms with van der Waals surface area (Å²) >= 11 is 5.81. The van der Waals surface area contributed by atoms with E-state index in [9.17, 15) is 18.8 Å². The Morgan fingerprint density at radius 2 is 2.06 bits per heavy atom. The molecule has 5 rings (SSSR count). The third kappa shape index (κ3) is 3.60. The number of amides is 2. The normalized spacial score (nSPS) is 15.7. The molecule has 11 heteroatoms. The second-order valence-corrected chi connectivity index (χ2v) is 8.76. The number of ketones is 1. The van der Waals surface area contributed by atoms with Crippen molar-refractivity contribution in [2.45, 2.75) is 44.7 Å². The maximum atomic E-state index is 13.4. The molecule has 170 valence electrons. The number of Topliss-reactive ketones (excluding diaryl/α,β-unsaturated/α-hetero) is 1. The number of benzene rings is 1. The number of fused-ring (bicyclic) bond motifs is 1. The van der Waals surface area contributed by atoms with Crippen molar-refractivity contribution in [1.29, 1.82) is 0 Å². The lowest BCUT2D eigenvalue weighted by Crippen LogP contribution is -2.40. The molecule has 1 aromatic carbocycles. The van der Waals surface area contributed by atoms with E-state index < -0.39 is 29.0 Å². The van der Waals surface area contributed by atoms with Gasteiger partial charge < -0.3 is 15.2 Å². The standard InChI is InChI=1S/C22H20ClFN6O3/c1-11-17(19(31)21(33)27-22(6-7-22)16-10-25-29-28-16)15-3-2-8-30(15)18(11)20(32)26-12-4-5-14(24)13(23)9-12/h4-5,9-10H,2-3,6-8H2,1H3,(H,26,32)(H,27,33)(H,25,28,29). The zero-order valence-electron chi connectivity index (χ0n) is 17.7. The minimum atomic E-state index is -0.740. The number of nitrogens with one attached hydrogen (secondary N) is 3. The SMILES string of the molecule is Cc1c(C(=O)C(=O)NC2(c3c[nH]nn3)CC2)c2n(c1C(=O)Nc1ccc(F)c(Cl)c1)CCC2. The van der Waals surface area contributed by atoms with Crippen molar-refractivity contribution in [2.24, 2.45) is 0 Å². The number of hydrogen-bond acceptors (Lipinski definition) is 5. The highest BCUT2D eigenvalue weighted by atomic mass is 35.5. The van der Waals surface area contributed by atoms with Crippen LogP contribution in [0.4, 0.5) is 10.1 Å². The van der Waals surface area contributed by atoms with Gasteiger partial charge in [-0.25, -0.2) is 4.39 Å². The first kappa shape index (κ1) is 21.3. The zero-order chi connectivity index (χ0) is 23.3. The Labute approximate surface area is 192 Å². The molecule has 2 aromatic heterocycles. The van der Waals surface area contributed by atoms with Crippen LogP contribution in [-0.4, -0.2) is 37.6 Å². The zero-order valence-corrected chi connectivity index (χ0v) is 18.4. The van der Waals surface area contributed by atoms with E-state index in [1.807, 2.05) is 0 Å². The molecule has 2 aliphatic rings. The number of carbonyl (C=O) groups excluding carboxylic acids is 3. The predicted octanol–water partition coefficient (Wildman–Crippen LogP) is 2.89. The Bertz CT molecular complexity index is 1300. The quantitative estimate of drug-likeness (QED) is 0.378. The summed E-state index contributed by atoms with van der Waals surface area (Å²) in [6, 6.07) is 3.88. The lowest BCUT2D eigenvalue weighted by molar-refractivity contribution is -0.118. The van der Waals surface area contributed by atoms with Gasteiger partial charge in [0, 0.05) is 24.1 Å². The summed E-state index contributed by atoms with van der Waals surface area (Å²) in [5.41, 5.74) is 1.88. The molecule has 3 heterocycles. The largest absolute Gasteiger partial charge is 0.340 e. The molecule has 3 N–H and O–H groups in total. The molecule has 0 radical (unpaired) electrons. The number of hydrogen-bond donors (Lipinski definition) is 3. The van der Waals surface area contributed by atoms with E-state index >= 15 is 0 Å². The summed E-state index contributed by atoms with van der Waals surface area (Å²) in [6.45, 7) is 2.21.